The number of benzene rings is 1. The number of hydrogen-bond donors (Lipinski definition) is 3. The first-order valence-corrected chi connectivity index (χ1v) is 9.41. The number of aromatic nitrogens is 4. The number of nitrogens with zero attached hydrogens (tertiary/aromatic N) is 4. The molecule has 1 aromatic carbocycles. The maximum Gasteiger partial charge on any atom is 0.269 e. The Morgan fingerprint density at radius 1 is 1.21 bits per heavy atom. The first-order chi connectivity index (χ1) is 13.7. The van der Waals surface area contributed by atoms with Gasteiger partial charge < -0.3 is 16.0 Å². The fourth-order valence-corrected chi connectivity index (χ4v) is 3.38. The normalized spacial score (nSPS) is 14.8. The second kappa shape index (κ2) is 8.08. The number of anilines is 2. The Kier molecular flexibility index (Phi) is 5.18. The van der Waals surface area contributed by atoms with Gasteiger partial charge in [0.25, 0.3) is 5.91 Å². The molecule has 4 N–H and O–H groups in total. The van der Waals surface area contributed by atoms with E-state index in [0.717, 1.165) is 37.2 Å². The standard InChI is InChI=1S/C20H23N7O/c21-18-6-9-22-20(24-18)27-10-7-14(8-11-27)13-23-19(28)17-12-16(25-26-17)15-4-2-1-3-5-15/h1-6,9,12,14H,7-8,10-11,13H2,(H,23,28)(H,25,26)(H2,21,22,24). The van der Waals surface area contributed by atoms with Gasteiger partial charge in [0.1, 0.15) is 11.5 Å². The third kappa shape index (κ3) is 4.11. The molecule has 3 aromatic rings. The van der Waals surface area contributed by atoms with Gasteiger partial charge in [-0.05, 0) is 30.9 Å². The highest BCUT2D eigenvalue weighted by molar-refractivity contribution is 5.93. The minimum atomic E-state index is -0.128. The number of nitrogens with two attached hydrogens (primary N) is 1. The first kappa shape index (κ1) is 18.0. The number of aromatic amines is 1. The fraction of sp³-hybridized carbons (Fsp3) is 0.300. The molecular formula is C20H23N7O. The molecule has 28 heavy (non-hydrogen) atoms. The number of piperidine rings is 1. The SMILES string of the molecule is Nc1ccnc(N2CCC(CNC(=O)c3cc(-c4ccccc4)n[nH]3)CC2)n1. The lowest BCUT2D eigenvalue weighted by molar-refractivity contribution is 0.0940. The third-order valence-corrected chi connectivity index (χ3v) is 5.01. The van der Waals surface area contributed by atoms with E-state index in [1.807, 2.05) is 30.3 Å². The molecule has 0 unspecified atom stereocenters. The summed E-state index contributed by atoms with van der Waals surface area (Å²) in [7, 11) is 0. The van der Waals surface area contributed by atoms with Gasteiger partial charge in [0.2, 0.25) is 5.95 Å². The Morgan fingerprint density at radius 3 is 2.75 bits per heavy atom. The van der Waals surface area contributed by atoms with Gasteiger partial charge in [0.05, 0.1) is 5.69 Å². The molecule has 0 spiro atoms. The van der Waals surface area contributed by atoms with E-state index < -0.39 is 0 Å². The molecule has 0 radical (unpaired) electrons. The predicted octanol–water partition coefficient (Wildman–Crippen LogP) is 2.10. The van der Waals surface area contributed by atoms with E-state index in [1.54, 1.807) is 18.3 Å². The molecule has 0 atom stereocenters. The minimum Gasteiger partial charge on any atom is -0.384 e. The highest BCUT2D eigenvalue weighted by Gasteiger charge is 2.22. The predicted molar refractivity (Wildman–Crippen MR) is 108 cm³/mol. The number of hydrogen-bond acceptors (Lipinski definition) is 6. The van der Waals surface area contributed by atoms with Crippen LogP contribution in [-0.2, 0) is 0 Å². The smallest absolute Gasteiger partial charge is 0.269 e. The monoisotopic (exact) mass is 377 g/mol. The summed E-state index contributed by atoms with van der Waals surface area (Å²) < 4.78 is 0. The molecule has 1 fully saturated rings. The molecular weight excluding hydrogens is 354 g/mol. The van der Waals surface area contributed by atoms with Crippen molar-refractivity contribution < 1.29 is 4.79 Å². The van der Waals surface area contributed by atoms with Gasteiger partial charge in [-0.25, -0.2) is 4.98 Å². The molecule has 144 valence electrons. The van der Waals surface area contributed by atoms with Crippen molar-refractivity contribution in [1.29, 1.82) is 0 Å². The average Bonchev–Trinajstić information content (AvgIpc) is 3.23. The largest absolute Gasteiger partial charge is 0.384 e. The van der Waals surface area contributed by atoms with Crippen molar-refractivity contribution in [1.82, 2.24) is 25.5 Å². The minimum absolute atomic E-state index is 0.128. The van der Waals surface area contributed by atoms with Crippen molar-refractivity contribution >= 4 is 17.7 Å². The molecule has 1 saturated heterocycles. The number of nitrogens with one attached hydrogen (secondary N) is 2. The van der Waals surface area contributed by atoms with Crippen LogP contribution in [0.15, 0.2) is 48.7 Å². The van der Waals surface area contributed by atoms with Crippen LogP contribution >= 0.6 is 0 Å². The zero-order valence-electron chi connectivity index (χ0n) is 15.5. The molecule has 2 aromatic heterocycles. The van der Waals surface area contributed by atoms with Crippen LogP contribution in [-0.4, -0.2) is 45.7 Å². The van der Waals surface area contributed by atoms with Crippen molar-refractivity contribution in [2.24, 2.45) is 5.92 Å². The van der Waals surface area contributed by atoms with Crippen LogP contribution in [0.25, 0.3) is 11.3 Å². The van der Waals surface area contributed by atoms with Crippen LogP contribution in [0, 0.1) is 5.92 Å². The van der Waals surface area contributed by atoms with Crippen LogP contribution < -0.4 is 16.0 Å². The molecule has 3 heterocycles. The molecule has 0 saturated carbocycles. The van der Waals surface area contributed by atoms with Gasteiger partial charge in [-0.15, -0.1) is 0 Å². The summed E-state index contributed by atoms with van der Waals surface area (Å²) in [6, 6.07) is 13.3. The van der Waals surface area contributed by atoms with E-state index in [4.69, 9.17) is 5.73 Å². The summed E-state index contributed by atoms with van der Waals surface area (Å²) in [6.45, 7) is 2.35. The second-order valence-corrected chi connectivity index (χ2v) is 6.95. The molecule has 0 bridgehead atoms. The Balaban J connectivity index is 1.27. The van der Waals surface area contributed by atoms with E-state index in [1.165, 1.54) is 0 Å². The lowest BCUT2D eigenvalue weighted by atomic mass is 9.97. The van der Waals surface area contributed by atoms with Crippen LogP contribution in [0.5, 0.6) is 0 Å². The number of rotatable bonds is 5. The molecule has 1 amide bonds. The van der Waals surface area contributed by atoms with Crippen LogP contribution in [0.2, 0.25) is 0 Å². The number of carbonyl (C=O) groups excluding carboxylic acids is 1. The summed E-state index contributed by atoms with van der Waals surface area (Å²) in [5.74, 6) is 1.45. The van der Waals surface area contributed by atoms with Crippen LogP contribution in [0.3, 0.4) is 0 Å². The Labute approximate surface area is 163 Å². The highest BCUT2D eigenvalue weighted by Crippen LogP contribution is 2.21. The Bertz CT molecular complexity index is 932. The fourth-order valence-electron chi connectivity index (χ4n) is 3.38. The summed E-state index contributed by atoms with van der Waals surface area (Å²) >= 11 is 0. The number of nitrogen functional groups attached to an aromatic ring is 1. The van der Waals surface area contributed by atoms with Crippen molar-refractivity contribution in [2.75, 3.05) is 30.3 Å². The lowest BCUT2D eigenvalue weighted by Crippen LogP contribution is -2.39. The third-order valence-electron chi connectivity index (χ3n) is 5.01. The average molecular weight is 377 g/mol. The highest BCUT2D eigenvalue weighted by atomic mass is 16.1. The lowest BCUT2D eigenvalue weighted by Gasteiger charge is -2.32. The molecule has 1 aliphatic heterocycles. The molecule has 8 nitrogen and oxygen atoms in total. The van der Waals surface area contributed by atoms with Crippen molar-refractivity contribution in [2.45, 2.75) is 12.8 Å². The Hall–Kier alpha value is -3.42. The second-order valence-electron chi connectivity index (χ2n) is 6.95. The summed E-state index contributed by atoms with van der Waals surface area (Å²) in [4.78, 5) is 23.1. The van der Waals surface area contributed by atoms with E-state index in [9.17, 15) is 4.79 Å². The van der Waals surface area contributed by atoms with Crippen molar-refractivity contribution in [3.8, 4) is 11.3 Å². The number of carbonyl (C=O) groups is 1. The number of amides is 1. The summed E-state index contributed by atoms with van der Waals surface area (Å²) in [5, 5.41) is 10.1. The van der Waals surface area contributed by atoms with E-state index in [-0.39, 0.29) is 5.91 Å². The maximum absolute atomic E-state index is 12.4. The van der Waals surface area contributed by atoms with E-state index >= 15 is 0 Å². The molecule has 1 aliphatic rings. The quantitative estimate of drug-likeness (QED) is 0.628. The Morgan fingerprint density at radius 2 is 2.00 bits per heavy atom. The summed E-state index contributed by atoms with van der Waals surface area (Å²) in [5.41, 5.74) is 7.96. The number of H-pyrrole nitrogens is 1. The van der Waals surface area contributed by atoms with Crippen LogP contribution in [0.4, 0.5) is 11.8 Å². The van der Waals surface area contributed by atoms with Gasteiger partial charge >= 0.3 is 0 Å². The van der Waals surface area contributed by atoms with Gasteiger partial charge in [0.15, 0.2) is 0 Å². The molecule has 4 rings (SSSR count). The summed E-state index contributed by atoms with van der Waals surface area (Å²) in [6.07, 6.45) is 3.62. The first-order valence-electron chi connectivity index (χ1n) is 9.41. The van der Waals surface area contributed by atoms with Crippen LogP contribution in [0.1, 0.15) is 23.3 Å². The maximum atomic E-state index is 12.4. The van der Waals surface area contributed by atoms with Gasteiger partial charge in [-0.1, -0.05) is 30.3 Å². The van der Waals surface area contributed by atoms with E-state index in [2.05, 4.69) is 30.4 Å². The van der Waals surface area contributed by atoms with Gasteiger partial charge in [0, 0.05) is 31.4 Å². The zero-order valence-corrected chi connectivity index (χ0v) is 15.5. The molecule has 0 aliphatic carbocycles. The molecule has 8 heteroatoms. The van der Waals surface area contributed by atoms with E-state index in [0.29, 0.717) is 29.9 Å². The van der Waals surface area contributed by atoms with Crippen molar-refractivity contribution in [3.63, 3.8) is 0 Å². The van der Waals surface area contributed by atoms with Gasteiger partial charge in [-0.2, -0.15) is 10.1 Å². The zero-order chi connectivity index (χ0) is 19.3. The van der Waals surface area contributed by atoms with Crippen molar-refractivity contribution in [3.05, 3.63) is 54.4 Å². The topological polar surface area (TPSA) is 113 Å². The van der Waals surface area contributed by atoms with Gasteiger partial charge in [-0.3, -0.25) is 9.89 Å².